The minimum atomic E-state index is -1.78. The van der Waals surface area contributed by atoms with Crippen LogP contribution in [0.25, 0.3) is 11.0 Å². The molecule has 0 bridgehead atoms. The average Bonchev–Trinajstić information content (AvgIpc) is 3.19. The Morgan fingerprint density at radius 3 is 2.67 bits per heavy atom. The molecule has 0 saturated carbocycles. The lowest BCUT2D eigenvalue weighted by molar-refractivity contribution is 0.198. The third-order valence-electron chi connectivity index (χ3n) is 6.87. The first-order valence-corrected chi connectivity index (χ1v) is 12.6. The molecular formula is C29H31ClFN3O2. The molecule has 1 aliphatic heterocycles. The molecule has 3 aromatic carbocycles. The van der Waals surface area contributed by atoms with E-state index in [9.17, 15) is 4.39 Å². The van der Waals surface area contributed by atoms with Gasteiger partial charge in [0.1, 0.15) is 35.3 Å². The monoisotopic (exact) mass is 509 g/mol. The topological polar surface area (TPSA) is 39.5 Å². The van der Waals surface area contributed by atoms with Gasteiger partial charge < -0.3 is 14.0 Å². The minimum Gasteiger partial charge on any atom is -0.492 e. The summed E-state index contributed by atoms with van der Waals surface area (Å²) in [4.78, 5) is 7.22. The van der Waals surface area contributed by atoms with Gasteiger partial charge in [-0.3, -0.25) is 4.90 Å². The van der Waals surface area contributed by atoms with Crippen molar-refractivity contribution in [1.29, 1.82) is 0 Å². The fraction of sp³-hybridized carbons (Fsp3) is 0.345. The Balaban J connectivity index is 1.20. The van der Waals surface area contributed by atoms with Crippen molar-refractivity contribution in [3.8, 4) is 11.5 Å². The Hall–Kier alpha value is -3.09. The summed E-state index contributed by atoms with van der Waals surface area (Å²) < 4.78 is 43.1. The number of aromatic nitrogens is 2. The number of ether oxygens (including phenoxy) is 2. The highest BCUT2D eigenvalue weighted by atomic mass is 35.5. The largest absolute Gasteiger partial charge is 0.492 e. The lowest BCUT2D eigenvalue weighted by Gasteiger charge is -2.32. The maximum absolute atomic E-state index is 14.1. The zero-order valence-electron chi connectivity index (χ0n) is 22.5. The standard InChI is InChI=1S/C29H31ClFN3O2/c1-3-35-27-9-5-8-26-29(27)32-28(33(26)2)18-34-14-12-20(13-15-34)21-6-4-7-24(16-21)36-19-22-10-11-23(30)17-25(22)31/h4-11,16-17,20H,3,12-15,18-19H2,1-2H3/i3D2. The van der Waals surface area contributed by atoms with Crippen molar-refractivity contribution in [2.45, 2.75) is 38.8 Å². The number of likely N-dealkylation sites (tertiary alicyclic amines) is 1. The second-order valence-electron chi connectivity index (χ2n) is 9.16. The van der Waals surface area contributed by atoms with Gasteiger partial charge in [0.05, 0.1) is 21.4 Å². The summed E-state index contributed by atoms with van der Waals surface area (Å²) in [7, 11) is 1.99. The van der Waals surface area contributed by atoms with Crippen molar-refractivity contribution < 1.29 is 16.6 Å². The highest BCUT2D eigenvalue weighted by Crippen LogP contribution is 2.32. The highest BCUT2D eigenvalue weighted by molar-refractivity contribution is 6.30. The Morgan fingerprint density at radius 1 is 1.08 bits per heavy atom. The summed E-state index contributed by atoms with van der Waals surface area (Å²) in [5.74, 6) is 2.17. The zero-order chi connectivity index (χ0) is 26.9. The van der Waals surface area contributed by atoms with Crippen LogP contribution in [-0.2, 0) is 20.2 Å². The molecule has 0 amide bonds. The van der Waals surface area contributed by atoms with Crippen LogP contribution in [0.3, 0.4) is 0 Å². The van der Waals surface area contributed by atoms with Gasteiger partial charge in [-0.25, -0.2) is 9.37 Å². The van der Waals surface area contributed by atoms with Crippen molar-refractivity contribution in [1.82, 2.24) is 14.5 Å². The molecular weight excluding hydrogens is 477 g/mol. The number of imidazole rings is 1. The summed E-state index contributed by atoms with van der Waals surface area (Å²) in [6.45, 7) is 2.36. The first-order valence-electron chi connectivity index (χ1n) is 13.2. The molecule has 1 fully saturated rings. The van der Waals surface area contributed by atoms with Crippen LogP contribution >= 0.6 is 11.6 Å². The molecule has 2 heterocycles. The average molecular weight is 510 g/mol. The smallest absolute Gasteiger partial charge is 0.147 e. The number of rotatable bonds is 8. The van der Waals surface area contributed by atoms with Gasteiger partial charge in [-0.15, -0.1) is 0 Å². The Kier molecular flexibility index (Phi) is 6.70. The molecule has 1 saturated heterocycles. The molecule has 36 heavy (non-hydrogen) atoms. The molecule has 0 atom stereocenters. The van der Waals surface area contributed by atoms with Crippen molar-refractivity contribution in [2.75, 3.05) is 19.6 Å². The molecule has 5 nitrogen and oxygen atoms in total. The lowest BCUT2D eigenvalue weighted by Crippen LogP contribution is -2.33. The van der Waals surface area contributed by atoms with E-state index in [4.69, 9.17) is 28.8 Å². The third kappa shape index (κ3) is 5.35. The van der Waals surface area contributed by atoms with E-state index in [0.29, 0.717) is 34.3 Å². The van der Waals surface area contributed by atoms with Crippen LogP contribution in [0.1, 0.15) is 45.4 Å². The van der Waals surface area contributed by atoms with Crippen LogP contribution in [0.2, 0.25) is 5.02 Å². The number of hydrogen-bond donors (Lipinski definition) is 0. The van der Waals surface area contributed by atoms with Crippen LogP contribution in [0.4, 0.5) is 4.39 Å². The van der Waals surface area contributed by atoms with E-state index < -0.39 is 6.56 Å². The van der Waals surface area contributed by atoms with Gasteiger partial charge in [0, 0.05) is 17.6 Å². The van der Waals surface area contributed by atoms with Gasteiger partial charge in [-0.1, -0.05) is 35.9 Å². The summed E-state index contributed by atoms with van der Waals surface area (Å²) in [6.07, 6.45) is 2.03. The Morgan fingerprint density at radius 2 is 1.89 bits per heavy atom. The zero-order valence-corrected chi connectivity index (χ0v) is 21.3. The van der Waals surface area contributed by atoms with E-state index in [1.165, 1.54) is 18.6 Å². The first kappa shape index (κ1) is 22.1. The van der Waals surface area contributed by atoms with Crippen molar-refractivity contribution in [2.24, 2.45) is 7.05 Å². The maximum Gasteiger partial charge on any atom is 0.147 e. The third-order valence-corrected chi connectivity index (χ3v) is 7.11. The molecule has 188 valence electrons. The second kappa shape index (κ2) is 10.9. The lowest BCUT2D eigenvalue weighted by atomic mass is 9.89. The van der Waals surface area contributed by atoms with Gasteiger partial charge in [0.15, 0.2) is 0 Å². The number of nitrogens with zero attached hydrogens (tertiary/aromatic N) is 3. The number of fused-ring (bicyclic) bond motifs is 1. The number of piperidine rings is 1. The fourth-order valence-corrected chi connectivity index (χ4v) is 5.01. The first-order chi connectivity index (χ1) is 18.2. The molecule has 4 aromatic rings. The molecule has 5 rings (SSSR count). The van der Waals surface area contributed by atoms with E-state index in [1.807, 2.05) is 31.3 Å². The van der Waals surface area contributed by atoms with Crippen molar-refractivity contribution in [3.63, 3.8) is 0 Å². The quantitative estimate of drug-likeness (QED) is 0.264. The molecule has 1 aliphatic rings. The predicted octanol–water partition coefficient (Wildman–Crippen LogP) is 6.72. The van der Waals surface area contributed by atoms with Crippen LogP contribution in [0.15, 0.2) is 60.7 Å². The summed E-state index contributed by atoms with van der Waals surface area (Å²) >= 11 is 5.84. The van der Waals surface area contributed by atoms with Crippen LogP contribution in [0.5, 0.6) is 11.5 Å². The van der Waals surface area contributed by atoms with Gasteiger partial charge in [-0.2, -0.15) is 0 Å². The van der Waals surface area contributed by atoms with E-state index in [2.05, 4.69) is 21.6 Å². The Labute approximate surface area is 219 Å². The molecule has 0 N–H and O–H groups in total. The van der Waals surface area contributed by atoms with Crippen molar-refractivity contribution in [3.05, 3.63) is 88.5 Å². The normalized spacial score (nSPS) is 16.1. The summed E-state index contributed by atoms with van der Waals surface area (Å²) in [6, 6.07) is 18.3. The maximum atomic E-state index is 14.1. The number of para-hydroxylation sites is 1. The SMILES string of the molecule is [2H]C([2H])(C)Oc1cccc2c1nc(CN1CCC(c3cccc(OCc4ccc(Cl)cc4F)c3)CC1)n2C. The predicted molar refractivity (Wildman–Crippen MR) is 141 cm³/mol. The molecule has 7 heteroatoms. The molecule has 0 aliphatic carbocycles. The van der Waals surface area contributed by atoms with Gasteiger partial charge in [-0.05, 0) is 80.7 Å². The minimum absolute atomic E-state index is 0.151. The number of hydrogen-bond acceptors (Lipinski definition) is 4. The van der Waals surface area contributed by atoms with Gasteiger partial charge >= 0.3 is 0 Å². The van der Waals surface area contributed by atoms with E-state index in [0.717, 1.165) is 43.0 Å². The summed E-state index contributed by atoms with van der Waals surface area (Å²) in [5, 5.41) is 0.371. The van der Waals surface area contributed by atoms with Crippen LogP contribution in [0, 0.1) is 5.82 Å². The van der Waals surface area contributed by atoms with Crippen LogP contribution in [-0.4, -0.2) is 34.1 Å². The summed E-state index contributed by atoms with van der Waals surface area (Å²) in [5.41, 5.74) is 3.31. The number of aryl methyl sites for hydroxylation is 1. The van der Waals surface area contributed by atoms with E-state index in [1.54, 1.807) is 18.2 Å². The Bertz CT molecular complexity index is 1430. The highest BCUT2D eigenvalue weighted by Gasteiger charge is 2.23. The molecule has 1 aromatic heterocycles. The molecule has 0 radical (unpaired) electrons. The van der Waals surface area contributed by atoms with E-state index in [-0.39, 0.29) is 12.4 Å². The van der Waals surface area contributed by atoms with Crippen molar-refractivity contribution >= 4 is 22.6 Å². The second-order valence-corrected chi connectivity index (χ2v) is 9.60. The number of halogens is 2. The molecule has 0 spiro atoms. The fourth-order valence-electron chi connectivity index (χ4n) is 4.85. The molecule has 0 unspecified atom stereocenters. The van der Waals surface area contributed by atoms with Crippen LogP contribution < -0.4 is 9.47 Å². The van der Waals surface area contributed by atoms with Gasteiger partial charge in [0.25, 0.3) is 0 Å². The number of benzene rings is 3. The van der Waals surface area contributed by atoms with Gasteiger partial charge in [0.2, 0.25) is 0 Å². The van der Waals surface area contributed by atoms with E-state index >= 15 is 0 Å².